The van der Waals surface area contributed by atoms with E-state index in [1.54, 1.807) is 0 Å². The maximum atomic E-state index is 14.0. The normalized spacial score (nSPS) is 16.2. The lowest BCUT2D eigenvalue weighted by Gasteiger charge is -2.19. The number of benzene rings is 2. The van der Waals surface area contributed by atoms with E-state index in [-0.39, 0.29) is 23.4 Å². The lowest BCUT2D eigenvalue weighted by atomic mass is 10.1. The summed E-state index contributed by atoms with van der Waals surface area (Å²) in [6.07, 6.45) is -10.1. The topological polar surface area (TPSA) is 93.7 Å². The molecule has 0 radical (unpaired) electrons. The fourth-order valence-electron chi connectivity index (χ4n) is 4.00. The van der Waals surface area contributed by atoms with Crippen molar-refractivity contribution in [3.8, 4) is 16.9 Å². The Kier molecular flexibility index (Phi) is 7.87. The summed E-state index contributed by atoms with van der Waals surface area (Å²) in [4.78, 5) is 9.21. The van der Waals surface area contributed by atoms with Crippen LogP contribution in [0.3, 0.4) is 0 Å². The molecule has 2 N–H and O–H groups in total. The fraction of sp³-hybridized carbons (Fsp3) is 0.292. The number of anilines is 1. The van der Waals surface area contributed by atoms with Crippen LogP contribution in [0.15, 0.2) is 53.4 Å². The Bertz CT molecular complexity index is 1460. The van der Waals surface area contributed by atoms with Crippen LogP contribution in [0.5, 0.6) is 5.75 Å². The average Bonchev–Trinajstić information content (AvgIpc) is 3.51. The van der Waals surface area contributed by atoms with Gasteiger partial charge < -0.3 is 14.8 Å². The van der Waals surface area contributed by atoms with Gasteiger partial charge in [-0.05, 0) is 30.7 Å². The van der Waals surface area contributed by atoms with Gasteiger partial charge in [0.05, 0.1) is 18.4 Å². The Labute approximate surface area is 222 Å². The maximum Gasteiger partial charge on any atom is 0.426 e. The van der Waals surface area contributed by atoms with Crippen LogP contribution in [-0.4, -0.2) is 40.7 Å². The second-order valence-electron chi connectivity index (χ2n) is 8.37. The molecule has 2 heterocycles. The minimum atomic E-state index is -5.04. The summed E-state index contributed by atoms with van der Waals surface area (Å²) >= 11 is -0.111. The summed E-state index contributed by atoms with van der Waals surface area (Å²) in [5, 5.41) is 2.93. The molecular weight excluding hydrogens is 574 g/mol. The zero-order valence-electron chi connectivity index (χ0n) is 19.9. The van der Waals surface area contributed by atoms with E-state index in [1.807, 2.05) is 4.72 Å². The van der Waals surface area contributed by atoms with Crippen molar-refractivity contribution in [2.24, 2.45) is 0 Å². The molecule has 1 aliphatic heterocycles. The fourth-order valence-corrected chi connectivity index (χ4v) is 6.88. The van der Waals surface area contributed by atoms with Crippen molar-refractivity contribution in [1.29, 1.82) is 0 Å². The molecule has 2 aromatic carbocycles. The third-order valence-corrected chi connectivity index (χ3v) is 8.47. The van der Waals surface area contributed by atoms with Crippen molar-refractivity contribution < 1.29 is 49.0 Å². The molecule has 1 fully saturated rings. The highest BCUT2D eigenvalue weighted by atomic mass is 32.2. The van der Waals surface area contributed by atoms with Crippen LogP contribution in [0.1, 0.15) is 26.5 Å². The SMILES string of the molecule is COC(=O)c1sc(C(F)(F)F)c(-c2ccccc2)c1S(=O)(=O)Nc1ccc(C(F)(F)F)c(O[C@@H]2CCNC2)c1. The van der Waals surface area contributed by atoms with Crippen LogP contribution >= 0.6 is 11.3 Å². The van der Waals surface area contributed by atoms with Crippen LogP contribution in [0, 0.1) is 0 Å². The van der Waals surface area contributed by atoms with Gasteiger partial charge >= 0.3 is 18.3 Å². The molecule has 1 aliphatic rings. The van der Waals surface area contributed by atoms with Crippen molar-refractivity contribution in [3.05, 3.63) is 63.8 Å². The second kappa shape index (κ2) is 10.7. The molecule has 210 valence electrons. The van der Waals surface area contributed by atoms with Crippen LogP contribution in [0.4, 0.5) is 32.0 Å². The number of rotatable bonds is 7. The number of alkyl halides is 6. The molecule has 0 saturated carbocycles. The van der Waals surface area contributed by atoms with Gasteiger partial charge in [-0.3, -0.25) is 4.72 Å². The predicted molar refractivity (Wildman–Crippen MR) is 130 cm³/mol. The molecule has 39 heavy (non-hydrogen) atoms. The van der Waals surface area contributed by atoms with E-state index >= 15 is 0 Å². The Balaban J connectivity index is 1.86. The smallest absolute Gasteiger partial charge is 0.426 e. The van der Waals surface area contributed by atoms with Gasteiger partial charge in [0.1, 0.15) is 26.5 Å². The van der Waals surface area contributed by atoms with Crippen LogP contribution in [0.2, 0.25) is 0 Å². The third kappa shape index (κ3) is 6.15. The van der Waals surface area contributed by atoms with Crippen molar-refractivity contribution >= 4 is 33.0 Å². The van der Waals surface area contributed by atoms with Gasteiger partial charge in [-0.2, -0.15) is 26.3 Å². The van der Waals surface area contributed by atoms with Gasteiger partial charge in [0, 0.05) is 18.2 Å². The number of nitrogens with one attached hydrogen (secondary N) is 2. The van der Waals surface area contributed by atoms with Gasteiger partial charge in [-0.25, -0.2) is 13.2 Å². The lowest BCUT2D eigenvalue weighted by Crippen LogP contribution is -2.22. The third-order valence-electron chi connectivity index (χ3n) is 5.67. The molecule has 0 unspecified atom stereocenters. The second-order valence-corrected chi connectivity index (χ2v) is 11.0. The number of thiophene rings is 1. The van der Waals surface area contributed by atoms with Gasteiger partial charge in [-0.15, -0.1) is 11.3 Å². The molecule has 0 aliphatic carbocycles. The Morgan fingerprint density at radius 3 is 2.31 bits per heavy atom. The largest absolute Gasteiger partial charge is 0.488 e. The van der Waals surface area contributed by atoms with Crippen molar-refractivity contribution in [2.75, 3.05) is 24.9 Å². The summed E-state index contributed by atoms with van der Waals surface area (Å²) in [5.41, 5.74) is -2.52. The Morgan fingerprint density at radius 1 is 1.05 bits per heavy atom. The quantitative estimate of drug-likeness (QED) is 0.266. The van der Waals surface area contributed by atoms with Crippen LogP contribution in [-0.2, 0) is 27.1 Å². The van der Waals surface area contributed by atoms with E-state index in [0.717, 1.165) is 19.2 Å². The first-order valence-corrected chi connectivity index (χ1v) is 13.5. The molecule has 0 amide bonds. The molecule has 1 saturated heterocycles. The first kappa shape index (κ1) is 28.7. The van der Waals surface area contributed by atoms with E-state index in [1.165, 1.54) is 30.3 Å². The van der Waals surface area contributed by atoms with Crippen LogP contribution in [0.25, 0.3) is 11.1 Å². The molecule has 4 rings (SSSR count). The van der Waals surface area contributed by atoms with Crippen molar-refractivity contribution in [3.63, 3.8) is 0 Å². The summed E-state index contributed by atoms with van der Waals surface area (Å²) < 4.78 is 122. The van der Waals surface area contributed by atoms with Gasteiger partial charge in [0.15, 0.2) is 0 Å². The summed E-state index contributed by atoms with van der Waals surface area (Å²) in [5.74, 6) is -1.99. The standard InChI is InChI=1S/C24H20F6N2O5S2/c1-36-22(33)19-20(18(13-5-3-2-4-6-13)21(38-19)24(28,29)30)39(34,35)32-14-7-8-16(23(25,26)27)17(11-14)37-15-9-10-31-12-15/h2-8,11,15,31-32H,9-10,12H2,1H3/t15-/m1/s1. The zero-order chi connectivity index (χ0) is 28.6. The number of hydrogen-bond acceptors (Lipinski definition) is 7. The minimum absolute atomic E-state index is 0.111. The van der Waals surface area contributed by atoms with E-state index in [4.69, 9.17) is 4.74 Å². The molecule has 0 spiro atoms. The molecule has 1 atom stereocenters. The Morgan fingerprint density at radius 2 is 1.74 bits per heavy atom. The summed E-state index contributed by atoms with van der Waals surface area (Å²) in [7, 11) is -4.13. The van der Waals surface area contributed by atoms with Crippen LogP contribution < -0.4 is 14.8 Å². The number of hydrogen-bond donors (Lipinski definition) is 2. The predicted octanol–water partition coefficient (Wildman–Crippen LogP) is 5.78. The molecule has 15 heteroatoms. The lowest BCUT2D eigenvalue weighted by molar-refractivity contribution is -0.139. The highest BCUT2D eigenvalue weighted by molar-refractivity contribution is 7.93. The molecule has 3 aromatic rings. The Hall–Kier alpha value is -3.30. The number of ether oxygens (including phenoxy) is 2. The summed E-state index contributed by atoms with van der Waals surface area (Å²) in [6, 6.07) is 8.93. The number of methoxy groups -OCH3 is 1. The number of carbonyl (C=O) groups is 1. The number of sulfonamides is 1. The minimum Gasteiger partial charge on any atom is -0.488 e. The van der Waals surface area contributed by atoms with E-state index < -0.39 is 71.7 Å². The maximum absolute atomic E-state index is 14.0. The van der Waals surface area contributed by atoms with Gasteiger partial charge in [-0.1, -0.05) is 30.3 Å². The van der Waals surface area contributed by atoms with E-state index in [2.05, 4.69) is 10.1 Å². The van der Waals surface area contributed by atoms with Gasteiger partial charge in [0.2, 0.25) is 0 Å². The number of halogens is 6. The molecule has 7 nitrogen and oxygen atoms in total. The van der Waals surface area contributed by atoms with E-state index in [0.29, 0.717) is 19.0 Å². The molecule has 0 bridgehead atoms. The average molecular weight is 595 g/mol. The van der Waals surface area contributed by atoms with Gasteiger partial charge in [0.25, 0.3) is 10.0 Å². The monoisotopic (exact) mass is 594 g/mol. The number of esters is 1. The highest BCUT2D eigenvalue weighted by Crippen LogP contribution is 2.48. The molecule has 1 aromatic heterocycles. The van der Waals surface area contributed by atoms with Crippen molar-refractivity contribution in [1.82, 2.24) is 5.32 Å². The zero-order valence-corrected chi connectivity index (χ0v) is 21.6. The first-order chi connectivity index (χ1) is 18.2. The molecular formula is C24H20F6N2O5S2. The summed E-state index contributed by atoms with van der Waals surface area (Å²) in [6.45, 7) is 0.780. The first-order valence-electron chi connectivity index (χ1n) is 11.2. The highest BCUT2D eigenvalue weighted by Gasteiger charge is 2.43. The van der Waals surface area contributed by atoms with E-state index in [9.17, 15) is 39.6 Å². The number of carbonyl (C=O) groups excluding carboxylic acids is 1. The van der Waals surface area contributed by atoms with Crippen molar-refractivity contribution in [2.45, 2.75) is 29.8 Å².